The quantitative estimate of drug-likeness (QED) is 0.614. The smallest absolute Gasteiger partial charge is 0.233 e. The highest BCUT2D eigenvalue weighted by molar-refractivity contribution is 5.74. The maximum absolute atomic E-state index is 14.8. The summed E-state index contributed by atoms with van der Waals surface area (Å²) in [6.07, 6.45) is 4.46. The summed E-state index contributed by atoms with van der Waals surface area (Å²) in [7, 11) is 3.48. The molecule has 2 aliphatic rings. The molecule has 1 saturated heterocycles. The Morgan fingerprint density at radius 1 is 1.03 bits per heavy atom. The van der Waals surface area contributed by atoms with E-state index in [0.717, 1.165) is 11.1 Å². The van der Waals surface area contributed by atoms with Crippen molar-refractivity contribution in [1.29, 1.82) is 0 Å². The number of hydrogen-bond donors (Lipinski definition) is 1. The minimum absolute atomic E-state index is 0.0723. The molecule has 1 fully saturated rings. The van der Waals surface area contributed by atoms with Gasteiger partial charge in [0.1, 0.15) is 11.9 Å². The molecule has 8 heteroatoms. The van der Waals surface area contributed by atoms with Crippen molar-refractivity contribution in [3.63, 3.8) is 0 Å². The summed E-state index contributed by atoms with van der Waals surface area (Å²) in [5.74, 6) is 0.838. The maximum Gasteiger partial charge on any atom is 0.233 e. The molecule has 2 aliphatic heterocycles. The SMILES string of the molecule is COc1cc(-c2ccc(-c3ccc(O[C@@H]4CC5C=CC([C@@H]4F)N5C)nn3)c(O)c2)ccn1. The molecule has 0 saturated carbocycles. The van der Waals surface area contributed by atoms with Crippen molar-refractivity contribution in [2.75, 3.05) is 14.2 Å². The number of rotatable bonds is 5. The van der Waals surface area contributed by atoms with Crippen molar-refractivity contribution in [3.8, 4) is 39.9 Å². The van der Waals surface area contributed by atoms with E-state index in [1.165, 1.54) is 0 Å². The van der Waals surface area contributed by atoms with E-state index >= 15 is 0 Å². The number of hydrogen-bond acceptors (Lipinski definition) is 7. The highest BCUT2D eigenvalue weighted by Gasteiger charge is 2.44. The van der Waals surface area contributed by atoms with E-state index in [2.05, 4.69) is 15.2 Å². The Kier molecular flexibility index (Phi) is 5.22. The molecule has 164 valence electrons. The molecular weight excluding hydrogens is 411 g/mol. The van der Waals surface area contributed by atoms with Crippen molar-refractivity contribution in [2.45, 2.75) is 30.8 Å². The van der Waals surface area contributed by atoms with E-state index in [1.807, 2.05) is 36.2 Å². The van der Waals surface area contributed by atoms with Gasteiger partial charge in [-0.25, -0.2) is 9.37 Å². The lowest BCUT2D eigenvalue weighted by Gasteiger charge is -2.38. The molecule has 32 heavy (non-hydrogen) atoms. The lowest BCUT2D eigenvalue weighted by molar-refractivity contribution is -0.00563. The summed E-state index contributed by atoms with van der Waals surface area (Å²) in [5, 5.41) is 18.9. The van der Waals surface area contributed by atoms with Crippen LogP contribution < -0.4 is 9.47 Å². The topological polar surface area (TPSA) is 80.6 Å². The number of ether oxygens (including phenoxy) is 2. The standard InChI is InChI=1S/C24H23FN4O3/c1-29-16-4-7-19(29)24(25)21(13-16)32-22-8-6-18(27-28-22)17-5-3-14(11-20(17)30)15-9-10-26-23(12-15)31-2/h3-12,16,19,21,24,30H,13H2,1-2H3/t16?,19?,21-,24+/m1/s1. The summed E-state index contributed by atoms with van der Waals surface area (Å²) in [6, 6.07) is 12.2. The predicted molar refractivity (Wildman–Crippen MR) is 117 cm³/mol. The number of halogens is 1. The summed E-state index contributed by atoms with van der Waals surface area (Å²) in [6.45, 7) is 0. The number of phenolic OH excluding ortho intramolecular Hbond substituents is 1. The van der Waals surface area contributed by atoms with Crippen LogP contribution in [0.25, 0.3) is 22.4 Å². The van der Waals surface area contributed by atoms with Crippen LogP contribution in [0.3, 0.4) is 0 Å². The third-order valence-electron chi connectivity index (χ3n) is 6.14. The van der Waals surface area contributed by atoms with Crippen LogP contribution in [0, 0.1) is 0 Å². The number of nitrogens with zero attached hydrogens (tertiary/aromatic N) is 4. The van der Waals surface area contributed by atoms with E-state index in [-0.39, 0.29) is 23.7 Å². The average molecular weight is 434 g/mol. The molecule has 0 amide bonds. The van der Waals surface area contributed by atoms with Gasteiger partial charge in [0.15, 0.2) is 6.17 Å². The fourth-order valence-corrected chi connectivity index (χ4v) is 4.32. The monoisotopic (exact) mass is 434 g/mol. The summed E-state index contributed by atoms with van der Waals surface area (Å²) in [4.78, 5) is 6.12. The molecule has 2 unspecified atom stereocenters. The Morgan fingerprint density at radius 3 is 2.62 bits per heavy atom. The highest BCUT2D eigenvalue weighted by Crippen LogP contribution is 2.35. The zero-order valence-electron chi connectivity index (χ0n) is 17.7. The fourth-order valence-electron chi connectivity index (χ4n) is 4.32. The molecule has 1 aromatic carbocycles. The van der Waals surface area contributed by atoms with Crippen LogP contribution in [0.4, 0.5) is 4.39 Å². The van der Waals surface area contributed by atoms with Gasteiger partial charge in [-0.15, -0.1) is 10.2 Å². The zero-order chi connectivity index (χ0) is 22.2. The Morgan fingerprint density at radius 2 is 1.88 bits per heavy atom. The number of alkyl halides is 1. The largest absolute Gasteiger partial charge is 0.507 e. The van der Waals surface area contributed by atoms with Gasteiger partial charge in [-0.05, 0) is 42.4 Å². The normalized spacial score (nSPS) is 24.5. The number of benzene rings is 1. The zero-order valence-corrected chi connectivity index (χ0v) is 17.7. The Balaban J connectivity index is 1.32. The first-order valence-corrected chi connectivity index (χ1v) is 10.4. The Labute approximate surface area is 185 Å². The second-order valence-electron chi connectivity index (χ2n) is 8.02. The van der Waals surface area contributed by atoms with Crippen molar-refractivity contribution in [1.82, 2.24) is 20.1 Å². The van der Waals surface area contributed by atoms with Crippen molar-refractivity contribution in [2.24, 2.45) is 0 Å². The second-order valence-corrected chi connectivity index (χ2v) is 8.02. The number of fused-ring (bicyclic) bond motifs is 2. The van der Waals surface area contributed by atoms with E-state index in [1.54, 1.807) is 43.6 Å². The van der Waals surface area contributed by atoms with Gasteiger partial charge in [-0.2, -0.15) is 0 Å². The molecule has 7 nitrogen and oxygen atoms in total. The molecule has 1 N–H and O–H groups in total. The van der Waals surface area contributed by atoms with Crippen molar-refractivity contribution < 1.29 is 19.0 Å². The Bertz CT molecular complexity index is 1150. The average Bonchev–Trinajstić information content (AvgIpc) is 3.09. The van der Waals surface area contributed by atoms with E-state index in [4.69, 9.17) is 9.47 Å². The summed E-state index contributed by atoms with van der Waals surface area (Å²) < 4.78 is 25.8. The van der Waals surface area contributed by atoms with E-state index < -0.39 is 12.3 Å². The van der Waals surface area contributed by atoms with Crippen molar-refractivity contribution >= 4 is 0 Å². The first-order chi connectivity index (χ1) is 15.5. The highest BCUT2D eigenvalue weighted by atomic mass is 19.1. The number of pyridine rings is 1. The van der Waals surface area contributed by atoms with Crippen LogP contribution in [0.15, 0.2) is 60.8 Å². The van der Waals surface area contributed by atoms with Crippen LogP contribution in [0.2, 0.25) is 0 Å². The van der Waals surface area contributed by atoms with Crippen LogP contribution in [-0.2, 0) is 0 Å². The molecule has 4 heterocycles. The molecular formula is C24H23FN4O3. The lowest BCUT2D eigenvalue weighted by atomic mass is 9.97. The molecule has 0 spiro atoms. The fraction of sp³-hybridized carbons (Fsp3) is 0.292. The number of piperidine rings is 1. The number of aromatic nitrogens is 3. The molecule has 3 aromatic rings. The van der Waals surface area contributed by atoms with Gasteiger partial charge in [-0.3, -0.25) is 4.90 Å². The Hall–Kier alpha value is -3.52. The first kappa shape index (κ1) is 20.4. The molecule has 2 aromatic heterocycles. The minimum Gasteiger partial charge on any atom is -0.507 e. The van der Waals surface area contributed by atoms with Gasteiger partial charge in [0.05, 0.1) is 18.8 Å². The van der Waals surface area contributed by atoms with Gasteiger partial charge in [0.2, 0.25) is 11.8 Å². The molecule has 0 radical (unpaired) electrons. The molecule has 2 bridgehead atoms. The van der Waals surface area contributed by atoms with Gasteiger partial charge in [-0.1, -0.05) is 18.2 Å². The van der Waals surface area contributed by atoms with Gasteiger partial charge < -0.3 is 14.6 Å². The number of aromatic hydroxyl groups is 1. The number of phenols is 1. The maximum atomic E-state index is 14.8. The van der Waals surface area contributed by atoms with Crippen LogP contribution in [0.5, 0.6) is 17.5 Å². The summed E-state index contributed by atoms with van der Waals surface area (Å²) >= 11 is 0. The van der Waals surface area contributed by atoms with Crippen LogP contribution in [0.1, 0.15) is 6.42 Å². The van der Waals surface area contributed by atoms with Gasteiger partial charge >= 0.3 is 0 Å². The molecule has 0 aliphatic carbocycles. The summed E-state index contributed by atoms with van der Waals surface area (Å²) in [5.41, 5.74) is 2.73. The molecule has 5 rings (SSSR count). The third kappa shape index (κ3) is 3.67. The predicted octanol–water partition coefficient (Wildman–Crippen LogP) is 3.65. The van der Waals surface area contributed by atoms with Gasteiger partial charge in [0, 0.05) is 36.4 Å². The second kappa shape index (κ2) is 8.20. The van der Waals surface area contributed by atoms with Crippen LogP contribution in [-0.4, -0.2) is 63.7 Å². The van der Waals surface area contributed by atoms with Gasteiger partial charge in [0.25, 0.3) is 0 Å². The van der Waals surface area contributed by atoms with Crippen molar-refractivity contribution in [3.05, 3.63) is 60.8 Å². The molecule has 4 atom stereocenters. The minimum atomic E-state index is -1.13. The lowest BCUT2D eigenvalue weighted by Crippen LogP contribution is -2.53. The van der Waals surface area contributed by atoms with E-state index in [9.17, 15) is 9.50 Å². The van der Waals surface area contributed by atoms with Crippen LogP contribution >= 0.6 is 0 Å². The third-order valence-corrected chi connectivity index (χ3v) is 6.14. The number of methoxy groups -OCH3 is 1. The first-order valence-electron chi connectivity index (χ1n) is 10.4. The number of likely N-dealkylation sites (N-methyl/N-ethyl adjacent to an activating group) is 1. The van der Waals surface area contributed by atoms with E-state index in [0.29, 0.717) is 23.6 Å².